The molecule has 140 valence electrons. The van der Waals surface area contributed by atoms with E-state index in [9.17, 15) is 0 Å². The molecule has 2 nitrogen and oxygen atoms in total. The van der Waals surface area contributed by atoms with Gasteiger partial charge in [-0.25, -0.2) is 0 Å². The van der Waals surface area contributed by atoms with Gasteiger partial charge in [0.2, 0.25) is 0 Å². The zero-order chi connectivity index (χ0) is 18.9. The summed E-state index contributed by atoms with van der Waals surface area (Å²) < 4.78 is 5.25. The molecular weight excluding hydrogens is 350 g/mol. The van der Waals surface area contributed by atoms with Gasteiger partial charge in [-0.05, 0) is 48.5 Å². The van der Waals surface area contributed by atoms with E-state index >= 15 is 0 Å². The van der Waals surface area contributed by atoms with Gasteiger partial charge in [0.1, 0.15) is 0 Å². The molecule has 27 heavy (non-hydrogen) atoms. The summed E-state index contributed by atoms with van der Waals surface area (Å²) >= 11 is 0. The van der Waals surface area contributed by atoms with Gasteiger partial charge < -0.3 is 4.74 Å². The molecule has 0 saturated carbocycles. The third kappa shape index (κ3) is 5.46. The molecule has 3 aromatic rings. The lowest BCUT2D eigenvalue weighted by atomic mass is 10.2. The SMILES string of the molecule is CCN(CCOC)Cc1cccc([S+](c2ccccc2)c2ccccc2)c1. The van der Waals surface area contributed by atoms with E-state index in [0.29, 0.717) is 0 Å². The highest BCUT2D eigenvalue weighted by Crippen LogP contribution is 2.31. The topological polar surface area (TPSA) is 12.5 Å². The van der Waals surface area contributed by atoms with Crippen LogP contribution in [0.4, 0.5) is 0 Å². The maximum atomic E-state index is 5.25. The predicted molar refractivity (Wildman–Crippen MR) is 114 cm³/mol. The van der Waals surface area contributed by atoms with E-state index in [0.717, 1.165) is 26.2 Å². The van der Waals surface area contributed by atoms with Gasteiger partial charge in [-0.3, -0.25) is 4.90 Å². The maximum absolute atomic E-state index is 5.25. The molecule has 0 amide bonds. The Labute approximate surface area is 166 Å². The Morgan fingerprint density at radius 1 is 0.778 bits per heavy atom. The summed E-state index contributed by atoms with van der Waals surface area (Å²) in [6.07, 6.45) is 0. The highest BCUT2D eigenvalue weighted by molar-refractivity contribution is 7.97. The molecule has 0 bridgehead atoms. The average Bonchev–Trinajstić information content (AvgIpc) is 2.73. The molecule has 0 atom stereocenters. The minimum atomic E-state index is -0.0902. The van der Waals surface area contributed by atoms with Gasteiger partial charge in [0.05, 0.1) is 17.5 Å². The van der Waals surface area contributed by atoms with Crippen LogP contribution in [0.2, 0.25) is 0 Å². The zero-order valence-electron chi connectivity index (χ0n) is 16.2. The predicted octanol–water partition coefficient (Wildman–Crippen LogP) is 5.25. The second kappa shape index (κ2) is 10.3. The summed E-state index contributed by atoms with van der Waals surface area (Å²) in [5.74, 6) is 0. The van der Waals surface area contributed by atoms with Crippen LogP contribution in [0.3, 0.4) is 0 Å². The number of hydrogen-bond donors (Lipinski definition) is 0. The fraction of sp³-hybridized carbons (Fsp3) is 0.250. The fourth-order valence-corrected chi connectivity index (χ4v) is 5.28. The normalized spacial score (nSPS) is 11.3. The van der Waals surface area contributed by atoms with E-state index in [1.165, 1.54) is 20.2 Å². The number of methoxy groups -OCH3 is 1. The van der Waals surface area contributed by atoms with Gasteiger partial charge >= 0.3 is 0 Å². The van der Waals surface area contributed by atoms with Gasteiger partial charge in [0.25, 0.3) is 0 Å². The second-order valence-electron chi connectivity index (χ2n) is 6.44. The second-order valence-corrected chi connectivity index (χ2v) is 8.47. The minimum Gasteiger partial charge on any atom is -0.383 e. The van der Waals surface area contributed by atoms with Crippen LogP contribution in [-0.2, 0) is 22.2 Å². The summed E-state index contributed by atoms with van der Waals surface area (Å²) in [4.78, 5) is 6.50. The lowest BCUT2D eigenvalue weighted by molar-refractivity contribution is 0.147. The van der Waals surface area contributed by atoms with Crippen LogP contribution in [0.1, 0.15) is 12.5 Å². The van der Waals surface area contributed by atoms with Crippen molar-refractivity contribution < 1.29 is 4.74 Å². The van der Waals surface area contributed by atoms with Crippen molar-refractivity contribution in [3.8, 4) is 0 Å². The monoisotopic (exact) mass is 378 g/mol. The molecule has 0 unspecified atom stereocenters. The molecule has 3 aromatic carbocycles. The van der Waals surface area contributed by atoms with Gasteiger partial charge in [-0.15, -0.1) is 0 Å². The Kier molecular flexibility index (Phi) is 7.52. The number of benzene rings is 3. The first-order chi connectivity index (χ1) is 13.3. The molecule has 0 aliphatic carbocycles. The minimum absolute atomic E-state index is 0.0902. The van der Waals surface area contributed by atoms with Crippen molar-refractivity contribution in [1.82, 2.24) is 4.90 Å². The molecule has 0 spiro atoms. The Hall–Kier alpha value is -2.07. The standard InChI is InChI=1S/C24H28NOS/c1-3-25(17-18-26-2)20-21-11-10-16-24(19-21)27(22-12-6-4-7-13-22)23-14-8-5-9-15-23/h4-16,19H,3,17-18,20H2,1-2H3/q+1. The molecule has 0 heterocycles. The molecule has 0 aromatic heterocycles. The number of likely N-dealkylation sites (N-methyl/N-ethyl adjacent to an activating group) is 1. The average molecular weight is 379 g/mol. The summed E-state index contributed by atoms with van der Waals surface area (Å²) in [5.41, 5.74) is 1.36. The third-order valence-electron chi connectivity index (χ3n) is 4.56. The van der Waals surface area contributed by atoms with Crippen molar-refractivity contribution >= 4 is 10.9 Å². The number of nitrogens with zero attached hydrogens (tertiary/aromatic N) is 1. The van der Waals surface area contributed by atoms with Crippen LogP contribution in [0.5, 0.6) is 0 Å². The van der Waals surface area contributed by atoms with Crippen molar-refractivity contribution in [3.05, 3.63) is 90.5 Å². The quantitative estimate of drug-likeness (QED) is 0.472. The highest BCUT2D eigenvalue weighted by Gasteiger charge is 2.28. The fourth-order valence-electron chi connectivity index (χ4n) is 3.12. The lowest BCUT2D eigenvalue weighted by Crippen LogP contribution is -2.26. The number of ether oxygens (including phenoxy) is 1. The van der Waals surface area contributed by atoms with Crippen molar-refractivity contribution in [1.29, 1.82) is 0 Å². The molecule has 0 saturated heterocycles. The van der Waals surface area contributed by atoms with Crippen LogP contribution in [0.15, 0.2) is 99.6 Å². The van der Waals surface area contributed by atoms with Gasteiger partial charge in [0.15, 0.2) is 14.7 Å². The van der Waals surface area contributed by atoms with Crippen molar-refractivity contribution in [2.24, 2.45) is 0 Å². The summed E-state index contributed by atoms with van der Waals surface area (Å²) in [5, 5.41) is 0. The smallest absolute Gasteiger partial charge is 0.166 e. The molecule has 3 rings (SSSR count). The molecule has 0 aliphatic rings. The Morgan fingerprint density at radius 2 is 1.37 bits per heavy atom. The van der Waals surface area contributed by atoms with E-state index < -0.39 is 0 Å². The summed E-state index contributed by atoms with van der Waals surface area (Å²) in [7, 11) is 1.67. The Bertz CT molecular complexity index is 767. The summed E-state index contributed by atoms with van der Waals surface area (Å²) in [6, 6.07) is 30.7. The van der Waals surface area contributed by atoms with E-state index in [2.05, 4.69) is 96.8 Å². The molecule has 0 fully saturated rings. The van der Waals surface area contributed by atoms with Crippen LogP contribution >= 0.6 is 0 Å². The van der Waals surface area contributed by atoms with Crippen LogP contribution < -0.4 is 0 Å². The highest BCUT2D eigenvalue weighted by atomic mass is 32.2. The largest absolute Gasteiger partial charge is 0.383 e. The molecule has 0 N–H and O–H groups in total. The van der Waals surface area contributed by atoms with Crippen molar-refractivity contribution in [2.75, 3.05) is 26.8 Å². The van der Waals surface area contributed by atoms with Crippen LogP contribution in [-0.4, -0.2) is 31.7 Å². The van der Waals surface area contributed by atoms with Gasteiger partial charge in [0, 0.05) is 20.2 Å². The lowest BCUT2D eigenvalue weighted by Gasteiger charge is -2.20. The van der Waals surface area contributed by atoms with Crippen LogP contribution in [0.25, 0.3) is 0 Å². The van der Waals surface area contributed by atoms with E-state index in [1.54, 1.807) is 7.11 Å². The molecule has 3 heteroatoms. The Balaban J connectivity index is 1.91. The van der Waals surface area contributed by atoms with Crippen molar-refractivity contribution in [3.63, 3.8) is 0 Å². The van der Waals surface area contributed by atoms with Gasteiger partial charge in [-0.2, -0.15) is 0 Å². The molecular formula is C24H28NOS+. The zero-order valence-corrected chi connectivity index (χ0v) is 17.0. The number of hydrogen-bond acceptors (Lipinski definition) is 2. The first kappa shape index (κ1) is 19.7. The van der Waals surface area contributed by atoms with E-state index in [1.807, 2.05) is 0 Å². The first-order valence-electron chi connectivity index (χ1n) is 9.46. The third-order valence-corrected chi connectivity index (χ3v) is 6.77. The molecule has 0 radical (unpaired) electrons. The summed E-state index contributed by atoms with van der Waals surface area (Å²) in [6.45, 7) is 5.91. The van der Waals surface area contributed by atoms with E-state index in [-0.39, 0.29) is 10.9 Å². The van der Waals surface area contributed by atoms with E-state index in [4.69, 9.17) is 4.74 Å². The molecule has 0 aliphatic heterocycles. The Morgan fingerprint density at radius 3 is 1.93 bits per heavy atom. The van der Waals surface area contributed by atoms with Gasteiger partial charge in [-0.1, -0.05) is 55.5 Å². The number of rotatable bonds is 9. The first-order valence-corrected chi connectivity index (χ1v) is 10.7. The van der Waals surface area contributed by atoms with Crippen molar-refractivity contribution in [2.45, 2.75) is 28.2 Å². The van der Waals surface area contributed by atoms with Crippen LogP contribution in [0, 0.1) is 0 Å². The maximum Gasteiger partial charge on any atom is 0.166 e.